The number of aryl methyl sites for hydroxylation is 1. The number of amides is 1. The normalized spacial score (nSPS) is 23.2. The number of Topliss-reactive ketones (excluding diaryl/α,β-unsaturated/α-hetero) is 1. The smallest absolute Gasteiger partial charge is 0.265 e. The van der Waals surface area contributed by atoms with E-state index in [1.807, 2.05) is 0 Å². The first-order chi connectivity index (χ1) is 11.9. The molecule has 1 aliphatic heterocycles. The monoisotopic (exact) mass is 343 g/mol. The van der Waals surface area contributed by atoms with Crippen molar-refractivity contribution < 1.29 is 18.8 Å². The highest BCUT2D eigenvalue weighted by Crippen LogP contribution is 2.47. The second-order valence-electron chi connectivity index (χ2n) is 6.58. The standard InChI is InChI=1S/C16H17N5O4/c1-8-19-20-15(25-8)16(4-5-16)18-9-6-21-10(13(9)12(23)7-22)2-3-11(21)14(17)24/h2-3,7,9,13,18H,4-6H2,1H3,(H2,17,24). The van der Waals surface area contributed by atoms with E-state index in [-0.39, 0.29) is 6.04 Å². The van der Waals surface area contributed by atoms with E-state index in [0.717, 1.165) is 12.8 Å². The number of rotatable bonds is 6. The molecule has 3 N–H and O–H groups in total. The largest absolute Gasteiger partial charge is 0.424 e. The third kappa shape index (κ3) is 2.39. The number of nitrogens with two attached hydrogens (primary N) is 1. The van der Waals surface area contributed by atoms with Gasteiger partial charge in [-0.15, -0.1) is 10.2 Å². The minimum atomic E-state index is -0.674. The first-order valence-corrected chi connectivity index (χ1v) is 8.02. The maximum Gasteiger partial charge on any atom is 0.265 e. The van der Waals surface area contributed by atoms with Crippen LogP contribution in [-0.2, 0) is 21.7 Å². The highest BCUT2D eigenvalue weighted by molar-refractivity contribution is 6.28. The summed E-state index contributed by atoms with van der Waals surface area (Å²) >= 11 is 0. The summed E-state index contributed by atoms with van der Waals surface area (Å²) in [6.45, 7) is 2.07. The summed E-state index contributed by atoms with van der Waals surface area (Å²) in [5, 5.41) is 11.4. The van der Waals surface area contributed by atoms with E-state index in [1.54, 1.807) is 23.6 Å². The number of ketones is 1. The van der Waals surface area contributed by atoms with Gasteiger partial charge < -0.3 is 14.7 Å². The molecule has 4 rings (SSSR count). The minimum absolute atomic E-state index is 0.321. The molecule has 0 radical (unpaired) electrons. The predicted molar refractivity (Wildman–Crippen MR) is 83.6 cm³/mol. The predicted octanol–water partition coefficient (Wildman–Crippen LogP) is -0.209. The van der Waals surface area contributed by atoms with Crippen molar-refractivity contribution >= 4 is 18.0 Å². The van der Waals surface area contributed by atoms with Gasteiger partial charge in [-0.3, -0.25) is 19.7 Å². The van der Waals surface area contributed by atoms with Gasteiger partial charge in [0.2, 0.25) is 17.6 Å². The van der Waals surface area contributed by atoms with E-state index in [1.165, 1.54) is 0 Å². The molecule has 2 aromatic rings. The van der Waals surface area contributed by atoms with Crippen molar-refractivity contribution in [3.63, 3.8) is 0 Å². The summed E-state index contributed by atoms with van der Waals surface area (Å²) in [7, 11) is 0. The van der Waals surface area contributed by atoms with Crippen molar-refractivity contribution in [1.82, 2.24) is 20.1 Å². The maximum atomic E-state index is 12.2. The lowest BCUT2D eigenvalue weighted by Crippen LogP contribution is -2.43. The highest BCUT2D eigenvalue weighted by atomic mass is 16.4. The third-order valence-corrected chi connectivity index (χ3v) is 4.94. The van der Waals surface area contributed by atoms with Gasteiger partial charge in [0, 0.05) is 25.2 Å². The van der Waals surface area contributed by atoms with Crippen LogP contribution >= 0.6 is 0 Å². The average Bonchev–Trinajstić information content (AvgIpc) is 2.91. The lowest BCUT2D eigenvalue weighted by atomic mass is 9.94. The molecule has 2 aromatic heterocycles. The van der Waals surface area contributed by atoms with Crippen LogP contribution in [0.2, 0.25) is 0 Å². The van der Waals surface area contributed by atoms with Crippen LogP contribution in [0.5, 0.6) is 0 Å². The SMILES string of the molecule is Cc1nnc(C2(NC3Cn4c(C(N)=O)ccc4C3C(=O)C=O)CC2)o1. The molecule has 0 spiro atoms. The summed E-state index contributed by atoms with van der Waals surface area (Å²) < 4.78 is 7.24. The Kier molecular flexibility index (Phi) is 3.36. The molecule has 2 unspecified atom stereocenters. The minimum Gasteiger partial charge on any atom is -0.424 e. The summed E-state index contributed by atoms with van der Waals surface area (Å²) in [6, 6.07) is 2.89. The van der Waals surface area contributed by atoms with Crippen LogP contribution in [0.4, 0.5) is 0 Å². The fourth-order valence-electron chi connectivity index (χ4n) is 3.62. The molecule has 1 saturated carbocycles. The fraction of sp³-hybridized carbons (Fsp3) is 0.438. The molecule has 0 aromatic carbocycles. The second-order valence-corrected chi connectivity index (χ2v) is 6.58. The van der Waals surface area contributed by atoms with E-state index in [0.29, 0.717) is 36.0 Å². The quantitative estimate of drug-likeness (QED) is 0.547. The van der Waals surface area contributed by atoms with Crippen LogP contribution in [0.1, 0.15) is 46.7 Å². The molecule has 1 amide bonds. The Balaban J connectivity index is 1.66. The van der Waals surface area contributed by atoms with Gasteiger partial charge in [0.1, 0.15) is 5.69 Å². The van der Waals surface area contributed by atoms with E-state index in [9.17, 15) is 14.4 Å². The van der Waals surface area contributed by atoms with Gasteiger partial charge >= 0.3 is 0 Å². The summed E-state index contributed by atoms with van der Waals surface area (Å²) in [5.74, 6) is -0.834. The van der Waals surface area contributed by atoms with Crippen molar-refractivity contribution in [3.8, 4) is 0 Å². The van der Waals surface area contributed by atoms with Gasteiger partial charge in [0.05, 0.1) is 11.5 Å². The zero-order chi connectivity index (χ0) is 17.8. The number of primary amides is 1. The van der Waals surface area contributed by atoms with Crippen molar-refractivity contribution in [1.29, 1.82) is 0 Å². The van der Waals surface area contributed by atoms with Crippen LogP contribution in [0.15, 0.2) is 16.5 Å². The van der Waals surface area contributed by atoms with Gasteiger partial charge in [0.15, 0.2) is 6.29 Å². The molecule has 130 valence electrons. The van der Waals surface area contributed by atoms with Crippen molar-refractivity contribution in [2.24, 2.45) is 5.73 Å². The lowest BCUT2D eigenvalue weighted by Gasteiger charge is -2.23. The molecular weight excluding hydrogens is 326 g/mol. The third-order valence-electron chi connectivity index (χ3n) is 4.94. The average molecular weight is 343 g/mol. The number of aromatic nitrogens is 3. The Morgan fingerprint density at radius 1 is 1.40 bits per heavy atom. The van der Waals surface area contributed by atoms with Gasteiger partial charge in [-0.05, 0) is 25.0 Å². The Labute approximate surface area is 142 Å². The molecule has 9 nitrogen and oxygen atoms in total. The summed E-state index contributed by atoms with van der Waals surface area (Å²) in [4.78, 5) is 34.9. The number of hydrogen-bond acceptors (Lipinski definition) is 7. The molecule has 0 saturated heterocycles. The molecule has 1 aliphatic carbocycles. The van der Waals surface area contributed by atoms with Gasteiger partial charge in [-0.1, -0.05) is 0 Å². The van der Waals surface area contributed by atoms with E-state index in [2.05, 4.69) is 15.5 Å². The van der Waals surface area contributed by atoms with E-state index >= 15 is 0 Å². The molecule has 25 heavy (non-hydrogen) atoms. The first-order valence-electron chi connectivity index (χ1n) is 8.02. The number of hydrogen-bond donors (Lipinski definition) is 2. The van der Waals surface area contributed by atoms with Gasteiger partial charge in [-0.2, -0.15) is 0 Å². The zero-order valence-corrected chi connectivity index (χ0v) is 13.6. The van der Waals surface area contributed by atoms with Crippen LogP contribution in [0.25, 0.3) is 0 Å². The molecular formula is C16H17N5O4. The number of carbonyl (C=O) groups is 3. The van der Waals surface area contributed by atoms with Gasteiger partial charge in [-0.25, -0.2) is 0 Å². The zero-order valence-electron chi connectivity index (χ0n) is 13.6. The summed E-state index contributed by atoms with van der Waals surface area (Å²) in [5.41, 5.74) is 5.85. The number of fused-ring (bicyclic) bond motifs is 1. The van der Waals surface area contributed by atoms with Crippen LogP contribution in [0.3, 0.4) is 0 Å². The molecule has 0 bridgehead atoms. The number of nitrogens with one attached hydrogen (secondary N) is 1. The Morgan fingerprint density at radius 3 is 2.72 bits per heavy atom. The molecule has 2 atom stereocenters. The van der Waals surface area contributed by atoms with Crippen LogP contribution in [-0.4, -0.2) is 38.8 Å². The van der Waals surface area contributed by atoms with E-state index < -0.39 is 23.1 Å². The van der Waals surface area contributed by atoms with Crippen molar-refractivity contribution in [3.05, 3.63) is 35.3 Å². The summed E-state index contributed by atoms with van der Waals surface area (Å²) in [6.07, 6.45) is 1.91. The number of aldehydes is 1. The molecule has 2 aliphatic rings. The highest BCUT2D eigenvalue weighted by Gasteiger charge is 2.53. The van der Waals surface area contributed by atoms with Crippen LogP contribution in [0, 0.1) is 6.92 Å². The van der Waals surface area contributed by atoms with Crippen molar-refractivity contribution in [2.75, 3.05) is 0 Å². The number of carbonyl (C=O) groups excluding carboxylic acids is 3. The Hall–Kier alpha value is -2.81. The van der Waals surface area contributed by atoms with Crippen LogP contribution < -0.4 is 11.1 Å². The Bertz CT molecular complexity index is 879. The lowest BCUT2D eigenvalue weighted by molar-refractivity contribution is -0.131. The van der Waals surface area contributed by atoms with E-state index in [4.69, 9.17) is 10.2 Å². The topological polar surface area (TPSA) is 133 Å². The van der Waals surface area contributed by atoms with Gasteiger partial charge in [0.25, 0.3) is 5.91 Å². The molecule has 1 fully saturated rings. The second kappa shape index (κ2) is 5.35. The maximum absolute atomic E-state index is 12.2. The molecule has 3 heterocycles. The number of nitrogens with zero attached hydrogens (tertiary/aromatic N) is 3. The fourth-order valence-corrected chi connectivity index (χ4v) is 3.62. The van der Waals surface area contributed by atoms with Crippen molar-refractivity contribution in [2.45, 2.75) is 43.8 Å². The first kappa shape index (κ1) is 15.7. The Morgan fingerprint density at radius 2 is 2.16 bits per heavy atom. The molecule has 9 heteroatoms.